The molecular formula is C20H20ClN3O5S. The summed E-state index contributed by atoms with van der Waals surface area (Å²) in [4.78, 5) is 12.4. The summed E-state index contributed by atoms with van der Waals surface area (Å²) in [5.74, 6) is -0.0728. The lowest BCUT2D eigenvalue weighted by atomic mass is 10.2. The molecule has 1 aliphatic heterocycles. The Morgan fingerprint density at radius 2 is 1.90 bits per heavy atom. The van der Waals surface area contributed by atoms with E-state index >= 15 is 0 Å². The van der Waals surface area contributed by atoms with Gasteiger partial charge in [-0.2, -0.15) is 9.57 Å². The molecule has 3 rings (SSSR count). The van der Waals surface area contributed by atoms with Crippen molar-refractivity contribution in [1.82, 2.24) is 4.31 Å². The fourth-order valence-corrected chi connectivity index (χ4v) is 4.83. The van der Waals surface area contributed by atoms with E-state index in [1.165, 1.54) is 47.8 Å². The Labute approximate surface area is 180 Å². The van der Waals surface area contributed by atoms with Crippen molar-refractivity contribution in [2.24, 2.45) is 0 Å². The van der Waals surface area contributed by atoms with Crippen molar-refractivity contribution in [1.29, 1.82) is 5.26 Å². The van der Waals surface area contributed by atoms with Crippen LogP contribution in [0, 0.1) is 11.3 Å². The van der Waals surface area contributed by atoms with Crippen LogP contribution in [0.3, 0.4) is 0 Å². The maximum atomic E-state index is 12.5. The van der Waals surface area contributed by atoms with Gasteiger partial charge in [-0.1, -0.05) is 11.6 Å². The minimum absolute atomic E-state index is 0.148. The molecule has 158 valence electrons. The Hall–Kier alpha value is -2.80. The van der Waals surface area contributed by atoms with Crippen molar-refractivity contribution in [3.05, 3.63) is 47.0 Å². The molecule has 2 aromatic rings. The normalized spacial score (nSPS) is 14.2. The van der Waals surface area contributed by atoms with Gasteiger partial charge in [-0.3, -0.25) is 4.79 Å². The van der Waals surface area contributed by atoms with Crippen LogP contribution in [0.5, 0.6) is 11.5 Å². The van der Waals surface area contributed by atoms with Gasteiger partial charge in [0.2, 0.25) is 10.0 Å². The molecule has 1 fully saturated rings. The van der Waals surface area contributed by atoms with E-state index < -0.39 is 15.9 Å². The lowest BCUT2D eigenvalue weighted by molar-refractivity contribution is -0.118. The first-order valence-corrected chi connectivity index (χ1v) is 11.0. The van der Waals surface area contributed by atoms with Crippen LogP contribution in [0.4, 0.5) is 5.69 Å². The fraction of sp³-hybridized carbons (Fsp3) is 0.300. The van der Waals surface area contributed by atoms with Crippen molar-refractivity contribution in [2.75, 3.05) is 32.1 Å². The molecule has 1 amide bonds. The number of hydrogen-bond donors (Lipinski definition) is 1. The van der Waals surface area contributed by atoms with E-state index in [4.69, 9.17) is 26.3 Å². The largest absolute Gasteiger partial charge is 0.493 e. The average Bonchev–Trinajstić information content (AvgIpc) is 3.28. The van der Waals surface area contributed by atoms with Gasteiger partial charge < -0.3 is 14.8 Å². The van der Waals surface area contributed by atoms with Crippen LogP contribution in [0.2, 0.25) is 5.02 Å². The molecule has 1 N–H and O–H groups in total. The Morgan fingerprint density at radius 3 is 2.50 bits per heavy atom. The summed E-state index contributed by atoms with van der Waals surface area (Å²) in [5, 5.41) is 11.8. The monoisotopic (exact) mass is 449 g/mol. The zero-order valence-electron chi connectivity index (χ0n) is 16.2. The number of hydrogen-bond acceptors (Lipinski definition) is 6. The zero-order valence-corrected chi connectivity index (χ0v) is 17.8. The Morgan fingerprint density at radius 1 is 1.23 bits per heavy atom. The second kappa shape index (κ2) is 9.34. The summed E-state index contributed by atoms with van der Waals surface area (Å²) in [6.45, 7) is 0.703. The highest BCUT2D eigenvalue weighted by atomic mass is 35.5. The number of halogens is 1. The molecule has 0 radical (unpaired) electrons. The van der Waals surface area contributed by atoms with E-state index in [0.29, 0.717) is 24.3 Å². The molecule has 2 aromatic carbocycles. The van der Waals surface area contributed by atoms with Gasteiger partial charge in [0.15, 0.2) is 18.1 Å². The van der Waals surface area contributed by atoms with Crippen molar-refractivity contribution in [3.63, 3.8) is 0 Å². The number of methoxy groups -OCH3 is 1. The van der Waals surface area contributed by atoms with Crippen LogP contribution in [0.25, 0.3) is 0 Å². The number of nitrogens with zero attached hydrogens (tertiary/aromatic N) is 2. The molecule has 1 aliphatic rings. The number of amides is 1. The fourth-order valence-electron chi connectivity index (χ4n) is 3.05. The Bertz CT molecular complexity index is 1070. The lowest BCUT2D eigenvalue weighted by Gasteiger charge is -2.16. The first kappa shape index (κ1) is 21.9. The third kappa shape index (κ3) is 4.84. The summed E-state index contributed by atoms with van der Waals surface area (Å²) in [6.07, 6.45) is 1.73. The molecular weight excluding hydrogens is 430 g/mol. The van der Waals surface area contributed by atoms with E-state index in [1.807, 2.05) is 6.07 Å². The Balaban J connectivity index is 1.63. The van der Waals surface area contributed by atoms with Gasteiger partial charge in [0.1, 0.15) is 0 Å². The first-order chi connectivity index (χ1) is 14.3. The molecule has 8 nitrogen and oxygen atoms in total. The zero-order chi connectivity index (χ0) is 21.7. The van der Waals surface area contributed by atoms with Gasteiger partial charge >= 0.3 is 0 Å². The van der Waals surface area contributed by atoms with Gasteiger partial charge in [-0.25, -0.2) is 8.42 Å². The minimum Gasteiger partial charge on any atom is -0.493 e. The standard InChI is InChI=1S/C20H20ClN3O5S/c1-28-18-11-14(12-22)10-17(21)20(18)29-13-19(25)23-15-4-6-16(7-5-15)30(26,27)24-8-2-3-9-24/h4-7,10-11H,2-3,8-9,13H2,1H3,(H,23,25). The summed E-state index contributed by atoms with van der Waals surface area (Å²) in [5.41, 5.74) is 0.736. The van der Waals surface area contributed by atoms with Gasteiger partial charge in [0.05, 0.1) is 28.7 Å². The summed E-state index contributed by atoms with van der Waals surface area (Å²) < 4.78 is 37.2. The van der Waals surface area contributed by atoms with Gasteiger partial charge in [0.25, 0.3) is 5.91 Å². The number of carbonyl (C=O) groups excluding carboxylic acids is 1. The molecule has 0 aromatic heterocycles. The molecule has 0 atom stereocenters. The van der Waals surface area contributed by atoms with E-state index in [-0.39, 0.29) is 28.0 Å². The smallest absolute Gasteiger partial charge is 0.262 e. The predicted octanol–water partition coefficient (Wildman–Crippen LogP) is 3.02. The molecule has 30 heavy (non-hydrogen) atoms. The molecule has 1 saturated heterocycles. The lowest BCUT2D eigenvalue weighted by Crippen LogP contribution is -2.27. The van der Waals surface area contributed by atoms with E-state index in [9.17, 15) is 13.2 Å². The number of rotatable bonds is 7. The number of benzene rings is 2. The SMILES string of the molecule is COc1cc(C#N)cc(Cl)c1OCC(=O)Nc1ccc(S(=O)(=O)N2CCCC2)cc1. The highest BCUT2D eigenvalue weighted by Gasteiger charge is 2.27. The topological polar surface area (TPSA) is 109 Å². The summed E-state index contributed by atoms with van der Waals surface area (Å²) in [6, 6.07) is 10.8. The third-order valence-corrected chi connectivity index (χ3v) is 6.74. The van der Waals surface area contributed by atoms with E-state index in [2.05, 4.69) is 5.32 Å². The highest BCUT2D eigenvalue weighted by Crippen LogP contribution is 2.36. The third-order valence-electron chi connectivity index (χ3n) is 4.55. The van der Waals surface area contributed by atoms with Crippen LogP contribution in [0.1, 0.15) is 18.4 Å². The number of sulfonamides is 1. The number of carbonyl (C=O) groups is 1. The second-order valence-corrected chi connectivity index (χ2v) is 8.92. The molecule has 10 heteroatoms. The quantitative estimate of drug-likeness (QED) is 0.695. The van der Waals surface area contributed by atoms with Gasteiger partial charge in [-0.15, -0.1) is 0 Å². The van der Waals surface area contributed by atoms with Crippen LogP contribution >= 0.6 is 11.6 Å². The van der Waals surface area contributed by atoms with Crippen molar-refractivity contribution in [2.45, 2.75) is 17.7 Å². The minimum atomic E-state index is -3.50. The molecule has 0 unspecified atom stereocenters. The Kier molecular flexibility index (Phi) is 6.82. The number of nitriles is 1. The predicted molar refractivity (Wildman–Crippen MR) is 111 cm³/mol. The summed E-state index contributed by atoms with van der Waals surface area (Å²) in [7, 11) is -2.10. The van der Waals surface area contributed by atoms with Crippen molar-refractivity contribution < 1.29 is 22.7 Å². The number of ether oxygens (including phenoxy) is 2. The molecule has 0 saturated carbocycles. The van der Waals surface area contributed by atoms with Gasteiger partial charge in [-0.05, 0) is 43.2 Å². The van der Waals surface area contributed by atoms with Crippen molar-refractivity contribution in [3.8, 4) is 17.6 Å². The number of anilines is 1. The second-order valence-electron chi connectivity index (χ2n) is 6.57. The van der Waals surface area contributed by atoms with Crippen LogP contribution in [-0.4, -0.2) is 45.4 Å². The molecule has 0 aliphatic carbocycles. The van der Waals surface area contributed by atoms with Crippen LogP contribution in [-0.2, 0) is 14.8 Å². The van der Waals surface area contributed by atoms with E-state index in [1.54, 1.807) is 0 Å². The maximum Gasteiger partial charge on any atom is 0.262 e. The number of nitrogens with one attached hydrogen (secondary N) is 1. The van der Waals surface area contributed by atoms with E-state index in [0.717, 1.165) is 12.8 Å². The maximum absolute atomic E-state index is 12.5. The molecule has 0 spiro atoms. The van der Waals surface area contributed by atoms with Crippen molar-refractivity contribution >= 4 is 33.2 Å². The van der Waals surface area contributed by atoms with Gasteiger partial charge in [0, 0.05) is 24.8 Å². The first-order valence-electron chi connectivity index (χ1n) is 9.15. The van der Waals surface area contributed by atoms with Crippen LogP contribution < -0.4 is 14.8 Å². The average molecular weight is 450 g/mol. The molecule has 0 bridgehead atoms. The highest BCUT2D eigenvalue weighted by molar-refractivity contribution is 7.89. The summed E-state index contributed by atoms with van der Waals surface area (Å²) >= 11 is 6.10. The molecule has 1 heterocycles. The van der Waals surface area contributed by atoms with Crippen LogP contribution in [0.15, 0.2) is 41.3 Å².